The number of hydrogen-bond acceptors (Lipinski definition) is 3. The maximum Gasteiger partial charge on any atom is 0.254 e. The third-order valence-corrected chi connectivity index (χ3v) is 5.23. The standard InChI is InChI=1S/C19H21IN2O2/c20-17-8-7-16(13-18(17)23)19(24)22-10-4-9-21(11-12-22)14-15-5-2-1-3-6-15/h1-3,5-8,13,23H,4,9-12,14H2. The number of carbonyl (C=O) groups is 1. The lowest BCUT2D eigenvalue weighted by Crippen LogP contribution is -2.35. The fraction of sp³-hybridized carbons (Fsp3) is 0.316. The van der Waals surface area contributed by atoms with Gasteiger partial charge < -0.3 is 10.0 Å². The van der Waals surface area contributed by atoms with Crippen molar-refractivity contribution in [2.24, 2.45) is 0 Å². The topological polar surface area (TPSA) is 43.8 Å². The van der Waals surface area contributed by atoms with Gasteiger partial charge in [-0.15, -0.1) is 0 Å². The molecule has 0 unspecified atom stereocenters. The van der Waals surface area contributed by atoms with E-state index in [1.54, 1.807) is 18.2 Å². The molecular weight excluding hydrogens is 415 g/mol. The monoisotopic (exact) mass is 436 g/mol. The molecule has 1 heterocycles. The molecule has 1 aliphatic rings. The Kier molecular flexibility index (Phi) is 5.73. The van der Waals surface area contributed by atoms with Gasteiger partial charge in [0.1, 0.15) is 5.75 Å². The van der Waals surface area contributed by atoms with Gasteiger partial charge in [-0.3, -0.25) is 9.69 Å². The van der Waals surface area contributed by atoms with Gasteiger partial charge in [0.2, 0.25) is 0 Å². The van der Waals surface area contributed by atoms with Crippen LogP contribution >= 0.6 is 22.6 Å². The molecule has 1 aliphatic heterocycles. The first-order valence-electron chi connectivity index (χ1n) is 8.17. The lowest BCUT2D eigenvalue weighted by Gasteiger charge is -2.22. The van der Waals surface area contributed by atoms with E-state index >= 15 is 0 Å². The molecule has 5 heteroatoms. The number of hydrogen-bond donors (Lipinski definition) is 1. The first-order valence-corrected chi connectivity index (χ1v) is 9.25. The van der Waals surface area contributed by atoms with Crippen molar-refractivity contribution in [3.8, 4) is 5.75 Å². The molecule has 126 valence electrons. The van der Waals surface area contributed by atoms with E-state index in [0.717, 1.165) is 42.7 Å². The Morgan fingerprint density at radius 3 is 2.58 bits per heavy atom. The van der Waals surface area contributed by atoms with E-state index in [1.165, 1.54) is 5.56 Å². The fourth-order valence-electron chi connectivity index (χ4n) is 3.00. The predicted molar refractivity (Wildman–Crippen MR) is 103 cm³/mol. The van der Waals surface area contributed by atoms with E-state index in [4.69, 9.17) is 0 Å². The molecule has 1 fully saturated rings. The van der Waals surface area contributed by atoms with Gasteiger partial charge in [0.05, 0.1) is 3.57 Å². The van der Waals surface area contributed by atoms with Crippen molar-refractivity contribution >= 4 is 28.5 Å². The summed E-state index contributed by atoms with van der Waals surface area (Å²) in [6, 6.07) is 15.6. The molecule has 0 bridgehead atoms. The summed E-state index contributed by atoms with van der Waals surface area (Å²) < 4.78 is 0.758. The lowest BCUT2D eigenvalue weighted by atomic mass is 10.2. The maximum absolute atomic E-state index is 12.7. The summed E-state index contributed by atoms with van der Waals surface area (Å²) in [4.78, 5) is 17.0. The molecule has 1 saturated heterocycles. The Balaban J connectivity index is 1.62. The van der Waals surface area contributed by atoms with Gasteiger partial charge in [-0.05, 0) is 52.8 Å². The molecule has 0 atom stereocenters. The highest BCUT2D eigenvalue weighted by molar-refractivity contribution is 14.1. The molecule has 24 heavy (non-hydrogen) atoms. The van der Waals surface area contributed by atoms with Crippen LogP contribution in [0.3, 0.4) is 0 Å². The van der Waals surface area contributed by atoms with Crippen molar-refractivity contribution in [2.45, 2.75) is 13.0 Å². The minimum absolute atomic E-state index is 0.00302. The van der Waals surface area contributed by atoms with Crippen molar-refractivity contribution in [1.82, 2.24) is 9.80 Å². The van der Waals surface area contributed by atoms with Crippen LogP contribution in [0.25, 0.3) is 0 Å². The third kappa shape index (κ3) is 4.27. The molecule has 2 aromatic carbocycles. The van der Waals surface area contributed by atoms with E-state index in [9.17, 15) is 9.90 Å². The smallest absolute Gasteiger partial charge is 0.254 e. The van der Waals surface area contributed by atoms with Crippen LogP contribution in [-0.4, -0.2) is 47.0 Å². The molecule has 0 spiro atoms. The molecule has 1 N–H and O–H groups in total. The Morgan fingerprint density at radius 2 is 1.83 bits per heavy atom. The van der Waals surface area contributed by atoms with Gasteiger partial charge >= 0.3 is 0 Å². The summed E-state index contributed by atoms with van der Waals surface area (Å²) in [6.45, 7) is 4.27. The first kappa shape index (κ1) is 17.2. The van der Waals surface area contributed by atoms with Gasteiger partial charge in [0.15, 0.2) is 0 Å². The van der Waals surface area contributed by atoms with Crippen LogP contribution < -0.4 is 0 Å². The van der Waals surface area contributed by atoms with Crippen LogP contribution in [0.4, 0.5) is 0 Å². The molecule has 4 nitrogen and oxygen atoms in total. The third-order valence-electron chi connectivity index (χ3n) is 4.32. The first-order chi connectivity index (χ1) is 11.6. The molecule has 2 aromatic rings. The summed E-state index contributed by atoms with van der Waals surface area (Å²) >= 11 is 2.06. The summed E-state index contributed by atoms with van der Waals surface area (Å²) in [5.41, 5.74) is 1.87. The van der Waals surface area contributed by atoms with Gasteiger partial charge in [0, 0.05) is 38.3 Å². The maximum atomic E-state index is 12.7. The second kappa shape index (κ2) is 7.98. The molecule has 1 amide bonds. The van der Waals surface area contributed by atoms with Crippen LogP contribution in [0.2, 0.25) is 0 Å². The largest absolute Gasteiger partial charge is 0.507 e. The van der Waals surface area contributed by atoms with Crippen molar-refractivity contribution in [2.75, 3.05) is 26.2 Å². The van der Waals surface area contributed by atoms with Crippen LogP contribution in [0.5, 0.6) is 5.75 Å². The van der Waals surface area contributed by atoms with Crippen LogP contribution in [-0.2, 0) is 6.54 Å². The highest BCUT2D eigenvalue weighted by atomic mass is 127. The van der Waals surface area contributed by atoms with Crippen LogP contribution in [0.1, 0.15) is 22.3 Å². The quantitative estimate of drug-likeness (QED) is 0.751. The molecular formula is C19H21IN2O2. The average molecular weight is 436 g/mol. The van der Waals surface area contributed by atoms with Crippen LogP contribution in [0, 0.1) is 3.57 Å². The lowest BCUT2D eigenvalue weighted by molar-refractivity contribution is 0.0760. The summed E-state index contributed by atoms with van der Waals surface area (Å²) in [5, 5.41) is 9.82. The highest BCUT2D eigenvalue weighted by Crippen LogP contribution is 2.21. The zero-order valence-corrected chi connectivity index (χ0v) is 15.6. The van der Waals surface area contributed by atoms with Gasteiger partial charge in [-0.2, -0.15) is 0 Å². The van der Waals surface area contributed by atoms with E-state index in [-0.39, 0.29) is 11.7 Å². The summed E-state index contributed by atoms with van der Waals surface area (Å²) in [5.74, 6) is 0.172. The van der Waals surface area contributed by atoms with Crippen LogP contribution in [0.15, 0.2) is 48.5 Å². The highest BCUT2D eigenvalue weighted by Gasteiger charge is 2.21. The molecule has 3 rings (SSSR count). The molecule has 0 aromatic heterocycles. The van der Waals surface area contributed by atoms with E-state index in [0.29, 0.717) is 5.56 Å². The second-order valence-electron chi connectivity index (χ2n) is 6.07. The SMILES string of the molecule is O=C(c1ccc(I)c(O)c1)N1CCCN(Cc2ccccc2)CC1. The van der Waals surface area contributed by atoms with Gasteiger partial charge in [-0.25, -0.2) is 0 Å². The Labute approximate surface area is 156 Å². The molecule has 0 aliphatic carbocycles. The van der Waals surface area contributed by atoms with Gasteiger partial charge in [-0.1, -0.05) is 30.3 Å². The fourth-order valence-corrected chi connectivity index (χ4v) is 3.34. The Morgan fingerprint density at radius 1 is 1.04 bits per heavy atom. The summed E-state index contributed by atoms with van der Waals surface area (Å²) in [6.07, 6.45) is 0.967. The second-order valence-corrected chi connectivity index (χ2v) is 7.24. The number of phenols is 1. The van der Waals surface area contributed by atoms with E-state index in [2.05, 4.69) is 51.8 Å². The van der Waals surface area contributed by atoms with Crippen molar-refractivity contribution in [3.05, 3.63) is 63.2 Å². The number of amides is 1. The Bertz CT molecular complexity index is 706. The van der Waals surface area contributed by atoms with Gasteiger partial charge in [0.25, 0.3) is 5.91 Å². The molecule has 0 saturated carbocycles. The molecule has 0 radical (unpaired) electrons. The minimum Gasteiger partial charge on any atom is -0.507 e. The number of nitrogens with zero attached hydrogens (tertiary/aromatic N) is 2. The number of halogens is 1. The number of benzene rings is 2. The van der Waals surface area contributed by atoms with Crippen molar-refractivity contribution in [3.63, 3.8) is 0 Å². The number of carbonyl (C=O) groups excluding carboxylic acids is 1. The predicted octanol–water partition coefficient (Wildman–Crippen LogP) is 3.34. The number of phenolic OH excluding ortho intramolecular Hbond substituents is 1. The Hall–Kier alpha value is -1.60. The van der Waals surface area contributed by atoms with Crippen molar-refractivity contribution in [1.29, 1.82) is 0 Å². The zero-order valence-electron chi connectivity index (χ0n) is 13.5. The average Bonchev–Trinajstić information content (AvgIpc) is 2.83. The summed E-state index contributed by atoms with van der Waals surface area (Å²) in [7, 11) is 0. The number of aromatic hydroxyl groups is 1. The minimum atomic E-state index is 0.00302. The van der Waals surface area contributed by atoms with E-state index < -0.39 is 0 Å². The van der Waals surface area contributed by atoms with Crippen molar-refractivity contribution < 1.29 is 9.90 Å². The number of rotatable bonds is 3. The van der Waals surface area contributed by atoms with E-state index in [1.807, 2.05) is 11.0 Å². The zero-order chi connectivity index (χ0) is 16.9. The normalized spacial score (nSPS) is 16.0.